The van der Waals surface area contributed by atoms with E-state index in [1.807, 2.05) is 25.5 Å². The number of aliphatic carboxylic acids is 2. The number of sulfonamides is 1. The molecule has 1 aromatic rings. The molecule has 1 rings (SSSR count). The predicted octanol–water partition coefficient (Wildman–Crippen LogP) is 1.19. The van der Waals surface area contributed by atoms with Crippen molar-refractivity contribution in [3.63, 3.8) is 0 Å². The highest BCUT2D eigenvalue weighted by molar-refractivity contribution is 7.89. The smallest absolute Gasteiger partial charge is 0.322 e. The number of carboxylic acid groups (broad SMARTS) is 2. The summed E-state index contributed by atoms with van der Waals surface area (Å²) in [5.74, 6) is -2.95. The zero-order chi connectivity index (χ0) is 17.1. The summed E-state index contributed by atoms with van der Waals surface area (Å²) in [6.45, 7) is 5.92. The Balaban J connectivity index is 3.03. The minimum Gasteiger partial charge on any atom is -0.481 e. The van der Waals surface area contributed by atoms with E-state index in [0.29, 0.717) is 0 Å². The van der Waals surface area contributed by atoms with Crippen LogP contribution in [0.3, 0.4) is 0 Å². The molecular formula is C14H19NO6S. The molecule has 0 fully saturated rings. The Morgan fingerprint density at radius 2 is 1.64 bits per heavy atom. The van der Waals surface area contributed by atoms with Gasteiger partial charge in [-0.3, -0.25) is 9.59 Å². The lowest BCUT2D eigenvalue weighted by atomic mass is 9.87. The van der Waals surface area contributed by atoms with Crippen molar-refractivity contribution in [1.29, 1.82) is 0 Å². The number of rotatable bonds is 6. The van der Waals surface area contributed by atoms with E-state index in [1.165, 1.54) is 12.1 Å². The van der Waals surface area contributed by atoms with Gasteiger partial charge in [-0.25, -0.2) is 8.42 Å². The fourth-order valence-corrected chi connectivity index (χ4v) is 2.93. The van der Waals surface area contributed by atoms with Crippen molar-refractivity contribution < 1.29 is 28.2 Å². The van der Waals surface area contributed by atoms with Gasteiger partial charge in [-0.1, -0.05) is 32.9 Å². The molecule has 0 heterocycles. The Morgan fingerprint density at radius 3 is 2.00 bits per heavy atom. The maximum absolute atomic E-state index is 12.1. The van der Waals surface area contributed by atoms with Gasteiger partial charge >= 0.3 is 11.9 Å². The van der Waals surface area contributed by atoms with Crippen LogP contribution in [0.15, 0.2) is 29.2 Å². The first-order chi connectivity index (χ1) is 9.93. The first kappa shape index (κ1) is 18.1. The predicted molar refractivity (Wildman–Crippen MR) is 79.1 cm³/mol. The van der Waals surface area contributed by atoms with Gasteiger partial charge in [0.05, 0.1) is 11.3 Å². The van der Waals surface area contributed by atoms with Crippen molar-refractivity contribution in [3.8, 4) is 0 Å². The van der Waals surface area contributed by atoms with Gasteiger partial charge in [0.2, 0.25) is 10.0 Å². The van der Waals surface area contributed by atoms with Gasteiger partial charge in [0, 0.05) is 0 Å². The molecule has 122 valence electrons. The van der Waals surface area contributed by atoms with Gasteiger partial charge in [-0.15, -0.1) is 0 Å². The van der Waals surface area contributed by atoms with Gasteiger partial charge in [0.15, 0.2) is 0 Å². The van der Waals surface area contributed by atoms with Crippen LogP contribution in [0.2, 0.25) is 0 Å². The highest BCUT2D eigenvalue weighted by Gasteiger charge is 2.27. The second-order valence-electron chi connectivity index (χ2n) is 5.88. The van der Waals surface area contributed by atoms with E-state index < -0.39 is 34.4 Å². The molecule has 0 aliphatic carbocycles. The van der Waals surface area contributed by atoms with E-state index in [4.69, 9.17) is 10.2 Å². The summed E-state index contributed by atoms with van der Waals surface area (Å²) in [5.41, 5.74) is 0.773. The zero-order valence-corrected chi connectivity index (χ0v) is 13.3. The van der Waals surface area contributed by atoms with Crippen LogP contribution in [0.25, 0.3) is 0 Å². The standard InChI is InChI=1S/C14H19NO6S/c1-14(2,3)9-4-6-10(7-5-9)22(20,21)15-11(13(18)19)8-12(16)17/h4-7,11,15H,8H2,1-3H3,(H,16,17)(H,18,19). The molecule has 0 saturated carbocycles. The Morgan fingerprint density at radius 1 is 1.14 bits per heavy atom. The molecule has 0 aliphatic rings. The summed E-state index contributed by atoms with van der Waals surface area (Å²) in [7, 11) is -4.11. The highest BCUT2D eigenvalue weighted by atomic mass is 32.2. The average Bonchev–Trinajstić information content (AvgIpc) is 2.36. The topological polar surface area (TPSA) is 121 Å². The van der Waals surface area contributed by atoms with E-state index in [1.54, 1.807) is 12.1 Å². The molecule has 1 atom stereocenters. The molecule has 0 aromatic heterocycles. The van der Waals surface area contributed by atoms with Crippen LogP contribution in [-0.2, 0) is 25.0 Å². The van der Waals surface area contributed by atoms with E-state index in [0.717, 1.165) is 5.56 Å². The Labute approximate surface area is 129 Å². The second kappa shape index (κ2) is 6.45. The Hall–Kier alpha value is -1.93. The average molecular weight is 329 g/mol. The number of carbonyl (C=O) groups is 2. The van der Waals surface area contributed by atoms with Gasteiger partial charge in [0.1, 0.15) is 6.04 Å². The summed E-state index contributed by atoms with van der Waals surface area (Å²) in [6, 6.07) is 4.29. The summed E-state index contributed by atoms with van der Waals surface area (Å²) < 4.78 is 26.1. The quantitative estimate of drug-likeness (QED) is 0.721. The molecule has 3 N–H and O–H groups in total. The Kier molecular flexibility index (Phi) is 5.31. The van der Waals surface area contributed by atoms with Gasteiger partial charge in [0.25, 0.3) is 0 Å². The van der Waals surface area contributed by atoms with Crippen LogP contribution in [0.5, 0.6) is 0 Å². The van der Waals surface area contributed by atoms with Crippen LogP contribution >= 0.6 is 0 Å². The molecule has 0 aliphatic heterocycles. The molecule has 0 spiro atoms. The lowest BCUT2D eigenvalue weighted by Crippen LogP contribution is -2.42. The van der Waals surface area contributed by atoms with Gasteiger partial charge in [-0.2, -0.15) is 4.72 Å². The van der Waals surface area contributed by atoms with Crippen LogP contribution in [0.1, 0.15) is 32.8 Å². The van der Waals surface area contributed by atoms with Crippen molar-refractivity contribution in [2.24, 2.45) is 0 Å². The fourth-order valence-electron chi connectivity index (χ4n) is 1.74. The monoisotopic (exact) mass is 329 g/mol. The minimum absolute atomic E-state index is 0.114. The third kappa shape index (κ3) is 4.81. The molecule has 0 saturated heterocycles. The SMILES string of the molecule is CC(C)(C)c1ccc(S(=O)(=O)NC(CC(=O)O)C(=O)O)cc1. The van der Waals surface area contributed by atoms with Crippen molar-refractivity contribution >= 4 is 22.0 Å². The maximum Gasteiger partial charge on any atom is 0.322 e. The van der Waals surface area contributed by atoms with Crippen LogP contribution < -0.4 is 4.72 Å². The number of hydrogen-bond donors (Lipinski definition) is 3. The second-order valence-corrected chi connectivity index (χ2v) is 7.60. The molecular weight excluding hydrogens is 310 g/mol. The summed E-state index contributed by atoms with van der Waals surface area (Å²) >= 11 is 0. The summed E-state index contributed by atoms with van der Waals surface area (Å²) in [5, 5.41) is 17.5. The minimum atomic E-state index is -4.11. The van der Waals surface area contributed by atoms with Crippen LogP contribution in [-0.4, -0.2) is 36.6 Å². The molecule has 0 bridgehead atoms. The number of hydrogen-bond acceptors (Lipinski definition) is 4. The molecule has 7 nitrogen and oxygen atoms in total. The normalized spacial score (nSPS) is 13.6. The maximum atomic E-state index is 12.1. The van der Waals surface area contributed by atoms with E-state index >= 15 is 0 Å². The van der Waals surface area contributed by atoms with E-state index in [2.05, 4.69) is 0 Å². The molecule has 0 radical (unpaired) electrons. The molecule has 0 amide bonds. The van der Waals surface area contributed by atoms with Crippen LogP contribution in [0, 0.1) is 0 Å². The van der Waals surface area contributed by atoms with Crippen LogP contribution in [0.4, 0.5) is 0 Å². The summed E-state index contributed by atoms with van der Waals surface area (Å²) in [6.07, 6.45) is -0.839. The van der Waals surface area contributed by atoms with Crippen molar-refractivity contribution in [3.05, 3.63) is 29.8 Å². The first-order valence-electron chi connectivity index (χ1n) is 6.51. The lowest BCUT2D eigenvalue weighted by Gasteiger charge is -2.19. The fraction of sp³-hybridized carbons (Fsp3) is 0.429. The highest BCUT2D eigenvalue weighted by Crippen LogP contribution is 2.23. The number of carboxylic acids is 2. The van der Waals surface area contributed by atoms with E-state index in [9.17, 15) is 18.0 Å². The number of benzene rings is 1. The largest absolute Gasteiger partial charge is 0.481 e. The van der Waals surface area contributed by atoms with Crippen molar-refractivity contribution in [2.45, 2.75) is 43.5 Å². The zero-order valence-electron chi connectivity index (χ0n) is 12.5. The lowest BCUT2D eigenvalue weighted by molar-refractivity contribution is -0.145. The number of nitrogens with one attached hydrogen (secondary N) is 1. The van der Waals surface area contributed by atoms with Gasteiger partial charge < -0.3 is 10.2 Å². The third-order valence-corrected chi connectivity index (χ3v) is 4.49. The van der Waals surface area contributed by atoms with Crippen molar-refractivity contribution in [1.82, 2.24) is 4.72 Å². The van der Waals surface area contributed by atoms with E-state index in [-0.39, 0.29) is 10.3 Å². The molecule has 22 heavy (non-hydrogen) atoms. The summed E-state index contributed by atoms with van der Waals surface area (Å²) in [4.78, 5) is 21.4. The van der Waals surface area contributed by atoms with Gasteiger partial charge in [-0.05, 0) is 23.1 Å². The first-order valence-corrected chi connectivity index (χ1v) is 7.99. The molecule has 1 aromatic carbocycles. The molecule has 8 heteroatoms. The third-order valence-electron chi connectivity index (χ3n) is 3.00. The Bertz CT molecular complexity index is 658. The molecule has 1 unspecified atom stereocenters. The van der Waals surface area contributed by atoms with Crippen molar-refractivity contribution in [2.75, 3.05) is 0 Å².